The summed E-state index contributed by atoms with van der Waals surface area (Å²) < 4.78 is 20.4. The molecule has 0 fully saturated rings. The van der Waals surface area contributed by atoms with Crippen molar-refractivity contribution in [3.8, 4) is 11.4 Å². The van der Waals surface area contributed by atoms with E-state index < -0.39 is 5.82 Å². The molecule has 2 rings (SSSR count). The Morgan fingerprint density at radius 1 is 1.42 bits per heavy atom. The largest absolute Gasteiger partial charge is 0.491 e. The number of hydrogen-bond acceptors (Lipinski definition) is 4. The van der Waals surface area contributed by atoms with Gasteiger partial charge in [0.2, 0.25) is 0 Å². The van der Waals surface area contributed by atoms with Gasteiger partial charge in [0.15, 0.2) is 11.6 Å². The summed E-state index contributed by atoms with van der Waals surface area (Å²) in [5.74, 6) is -0.159. The van der Waals surface area contributed by atoms with Crippen molar-refractivity contribution in [1.82, 2.24) is 15.0 Å². The van der Waals surface area contributed by atoms with Crippen LogP contribution in [0.15, 0.2) is 24.4 Å². The zero-order valence-corrected chi connectivity index (χ0v) is 10.8. The normalized spacial score (nSPS) is 10.7. The first-order valence-electron chi connectivity index (χ1n) is 6.28. The average Bonchev–Trinajstić information content (AvgIpc) is 2.88. The Bertz CT molecular complexity index is 541. The van der Waals surface area contributed by atoms with Crippen molar-refractivity contribution in [2.24, 2.45) is 5.73 Å². The Morgan fingerprint density at radius 2 is 2.26 bits per heavy atom. The second-order valence-corrected chi connectivity index (χ2v) is 4.09. The maximum Gasteiger partial charge on any atom is 0.167 e. The van der Waals surface area contributed by atoms with E-state index in [1.807, 2.05) is 6.92 Å². The first-order valence-corrected chi connectivity index (χ1v) is 6.28. The van der Waals surface area contributed by atoms with E-state index in [1.54, 1.807) is 23.0 Å². The molecule has 0 amide bonds. The zero-order valence-electron chi connectivity index (χ0n) is 10.8. The van der Waals surface area contributed by atoms with Gasteiger partial charge in [-0.2, -0.15) is 0 Å². The average molecular weight is 264 g/mol. The molecule has 0 atom stereocenters. The van der Waals surface area contributed by atoms with E-state index in [9.17, 15) is 4.39 Å². The van der Waals surface area contributed by atoms with Crippen LogP contribution in [0.3, 0.4) is 0 Å². The van der Waals surface area contributed by atoms with Gasteiger partial charge in [0.05, 0.1) is 24.2 Å². The summed E-state index contributed by atoms with van der Waals surface area (Å²) in [4.78, 5) is 0. The molecule has 5 nitrogen and oxygen atoms in total. The lowest BCUT2D eigenvalue weighted by atomic mass is 10.2. The van der Waals surface area contributed by atoms with Crippen LogP contribution >= 0.6 is 0 Å². The molecule has 19 heavy (non-hydrogen) atoms. The molecule has 1 aromatic carbocycles. The van der Waals surface area contributed by atoms with Gasteiger partial charge in [0.1, 0.15) is 0 Å². The fraction of sp³-hybridized carbons (Fsp3) is 0.385. The number of nitrogens with zero attached hydrogens (tertiary/aromatic N) is 3. The van der Waals surface area contributed by atoms with E-state index in [0.717, 1.165) is 18.5 Å². The van der Waals surface area contributed by atoms with Gasteiger partial charge in [-0.1, -0.05) is 5.21 Å². The third-order valence-electron chi connectivity index (χ3n) is 2.66. The van der Waals surface area contributed by atoms with Gasteiger partial charge in [-0.3, -0.25) is 0 Å². The molecule has 0 saturated carbocycles. The predicted octanol–water partition coefficient (Wildman–Crippen LogP) is 1.70. The summed E-state index contributed by atoms with van der Waals surface area (Å²) in [6.45, 7) is 2.86. The maximum atomic E-state index is 13.7. The molecule has 0 aliphatic heterocycles. The standard InChI is InChI=1S/C13H17FN4O/c1-2-19-13-6-5-11(8-12(13)14)18-9-10(16-17-18)4-3-7-15/h5-6,8-9H,2-4,7,15H2,1H3. The van der Waals surface area contributed by atoms with Crippen molar-refractivity contribution in [3.63, 3.8) is 0 Å². The van der Waals surface area contributed by atoms with Gasteiger partial charge in [0, 0.05) is 6.07 Å². The topological polar surface area (TPSA) is 66.0 Å². The highest BCUT2D eigenvalue weighted by atomic mass is 19.1. The lowest BCUT2D eigenvalue weighted by Crippen LogP contribution is -2.00. The third-order valence-corrected chi connectivity index (χ3v) is 2.66. The zero-order chi connectivity index (χ0) is 13.7. The van der Waals surface area contributed by atoms with E-state index in [1.165, 1.54) is 6.07 Å². The van der Waals surface area contributed by atoms with Crippen molar-refractivity contribution in [1.29, 1.82) is 0 Å². The van der Waals surface area contributed by atoms with Crippen LogP contribution in [0.2, 0.25) is 0 Å². The summed E-state index contributed by atoms with van der Waals surface area (Å²) in [7, 11) is 0. The number of aryl methyl sites for hydroxylation is 1. The SMILES string of the molecule is CCOc1ccc(-n2cc(CCCN)nn2)cc1F. The van der Waals surface area contributed by atoms with Gasteiger partial charge in [0.25, 0.3) is 0 Å². The number of halogens is 1. The lowest BCUT2D eigenvalue weighted by Gasteiger charge is -2.06. The molecule has 1 heterocycles. The summed E-state index contributed by atoms with van der Waals surface area (Å²) >= 11 is 0. The molecule has 2 N–H and O–H groups in total. The number of ether oxygens (including phenoxy) is 1. The molecule has 6 heteroatoms. The number of hydrogen-bond donors (Lipinski definition) is 1. The van der Waals surface area contributed by atoms with Crippen LogP contribution in [0.4, 0.5) is 4.39 Å². The summed E-state index contributed by atoms with van der Waals surface area (Å²) in [5, 5.41) is 8.00. The van der Waals surface area contributed by atoms with Crippen LogP contribution in [0.1, 0.15) is 19.0 Å². The van der Waals surface area contributed by atoms with E-state index in [-0.39, 0.29) is 5.75 Å². The Hall–Kier alpha value is -1.95. The Morgan fingerprint density at radius 3 is 2.95 bits per heavy atom. The van der Waals surface area contributed by atoms with Crippen molar-refractivity contribution >= 4 is 0 Å². The van der Waals surface area contributed by atoms with E-state index in [0.29, 0.717) is 18.8 Å². The molecule has 0 saturated heterocycles. The molecule has 0 aliphatic rings. The number of nitrogens with two attached hydrogens (primary N) is 1. The number of aromatic nitrogens is 3. The van der Waals surface area contributed by atoms with Gasteiger partial charge in [-0.15, -0.1) is 5.10 Å². The smallest absolute Gasteiger partial charge is 0.167 e. The van der Waals surface area contributed by atoms with E-state index in [2.05, 4.69) is 10.3 Å². The van der Waals surface area contributed by atoms with Gasteiger partial charge in [-0.05, 0) is 38.4 Å². The van der Waals surface area contributed by atoms with Crippen molar-refractivity contribution in [2.75, 3.05) is 13.2 Å². The van der Waals surface area contributed by atoms with Crippen molar-refractivity contribution in [3.05, 3.63) is 35.9 Å². The van der Waals surface area contributed by atoms with Crippen LogP contribution in [-0.4, -0.2) is 28.1 Å². The second kappa shape index (κ2) is 6.29. The molecular formula is C13H17FN4O. The predicted molar refractivity (Wildman–Crippen MR) is 69.9 cm³/mol. The monoisotopic (exact) mass is 264 g/mol. The summed E-state index contributed by atoms with van der Waals surface area (Å²) in [6, 6.07) is 4.72. The minimum Gasteiger partial charge on any atom is -0.491 e. The molecule has 102 valence electrons. The Labute approximate surface area is 111 Å². The summed E-state index contributed by atoms with van der Waals surface area (Å²) in [5.41, 5.74) is 6.91. The van der Waals surface area contributed by atoms with Crippen LogP contribution in [-0.2, 0) is 6.42 Å². The molecule has 0 aliphatic carbocycles. The molecule has 0 bridgehead atoms. The maximum absolute atomic E-state index is 13.7. The Balaban J connectivity index is 2.17. The van der Waals surface area contributed by atoms with Crippen LogP contribution < -0.4 is 10.5 Å². The van der Waals surface area contributed by atoms with Crippen LogP contribution in [0, 0.1) is 5.82 Å². The number of rotatable bonds is 6. The first kappa shape index (κ1) is 13.5. The van der Waals surface area contributed by atoms with Crippen LogP contribution in [0.5, 0.6) is 5.75 Å². The number of benzene rings is 1. The minimum atomic E-state index is -0.404. The van der Waals surface area contributed by atoms with Gasteiger partial charge < -0.3 is 10.5 Å². The van der Waals surface area contributed by atoms with E-state index >= 15 is 0 Å². The summed E-state index contributed by atoms with van der Waals surface area (Å²) in [6.07, 6.45) is 3.41. The minimum absolute atomic E-state index is 0.245. The molecular weight excluding hydrogens is 247 g/mol. The first-order chi connectivity index (χ1) is 9.24. The Kier molecular flexibility index (Phi) is 4.46. The molecule has 0 spiro atoms. The van der Waals surface area contributed by atoms with Gasteiger partial charge >= 0.3 is 0 Å². The fourth-order valence-electron chi connectivity index (χ4n) is 1.73. The molecule has 0 radical (unpaired) electrons. The van der Waals surface area contributed by atoms with Crippen molar-refractivity contribution in [2.45, 2.75) is 19.8 Å². The lowest BCUT2D eigenvalue weighted by molar-refractivity contribution is 0.321. The van der Waals surface area contributed by atoms with Gasteiger partial charge in [-0.25, -0.2) is 9.07 Å². The molecule has 2 aromatic rings. The molecule has 0 unspecified atom stereocenters. The third kappa shape index (κ3) is 3.29. The quantitative estimate of drug-likeness (QED) is 0.862. The second-order valence-electron chi connectivity index (χ2n) is 4.09. The fourth-order valence-corrected chi connectivity index (χ4v) is 1.73. The van der Waals surface area contributed by atoms with Crippen LogP contribution in [0.25, 0.3) is 5.69 Å². The highest BCUT2D eigenvalue weighted by molar-refractivity contribution is 5.38. The highest BCUT2D eigenvalue weighted by Gasteiger charge is 2.07. The molecule has 1 aromatic heterocycles. The van der Waals surface area contributed by atoms with Crippen molar-refractivity contribution < 1.29 is 9.13 Å². The highest BCUT2D eigenvalue weighted by Crippen LogP contribution is 2.20. The van der Waals surface area contributed by atoms with E-state index in [4.69, 9.17) is 10.5 Å².